The van der Waals surface area contributed by atoms with Gasteiger partial charge in [0.05, 0.1) is 49.0 Å². The lowest BCUT2D eigenvalue weighted by Gasteiger charge is -2.12. The maximum atomic E-state index is 12.6. The van der Waals surface area contributed by atoms with Crippen LogP contribution in [0.15, 0.2) is 36.4 Å². The van der Waals surface area contributed by atoms with Crippen molar-refractivity contribution in [3.05, 3.63) is 46.2 Å². The molecular weight excluding hydrogens is 632 g/mol. The van der Waals surface area contributed by atoms with Gasteiger partial charge in [0, 0.05) is 34.4 Å². The van der Waals surface area contributed by atoms with Crippen LogP contribution in [0, 0.1) is 11.8 Å². The Balaban J connectivity index is 1.24. The van der Waals surface area contributed by atoms with Gasteiger partial charge < -0.3 is 29.2 Å². The monoisotopic (exact) mass is 670 g/mol. The fraction of sp³-hybridized carbons (Fsp3) is 0.412. The molecule has 4 aromatic rings. The largest absolute Gasteiger partial charge is 0.493 e. The zero-order valence-corrected chi connectivity index (χ0v) is 27.9. The van der Waals surface area contributed by atoms with Gasteiger partial charge in [0.2, 0.25) is 0 Å². The Labute approximate surface area is 274 Å². The Hall–Kier alpha value is -4.16. The summed E-state index contributed by atoms with van der Waals surface area (Å²) in [5, 5.41) is 19.9. The summed E-state index contributed by atoms with van der Waals surface area (Å²) < 4.78 is 24.8. The van der Waals surface area contributed by atoms with Gasteiger partial charge in [-0.3, -0.25) is 19.2 Å². The number of carbonyl (C=O) groups is 4. The first kappa shape index (κ1) is 34.7. The molecule has 2 aromatic heterocycles. The number of benzene rings is 2. The average Bonchev–Trinajstić information content (AvgIpc) is 3.64. The van der Waals surface area contributed by atoms with E-state index in [-0.39, 0.29) is 24.4 Å². The number of carboxylic acid groups (broad SMARTS) is 2. The molecule has 0 aliphatic carbocycles. The van der Waals surface area contributed by atoms with Crippen LogP contribution in [0.3, 0.4) is 0 Å². The van der Waals surface area contributed by atoms with Crippen LogP contribution < -0.4 is 18.9 Å². The van der Waals surface area contributed by atoms with E-state index >= 15 is 0 Å². The molecule has 0 fully saturated rings. The molecule has 0 aliphatic rings. The van der Waals surface area contributed by atoms with Gasteiger partial charge in [0.1, 0.15) is 0 Å². The summed E-state index contributed by atoms with van der Waals surface area (Å²) in [6.07, 6.45) is 3.39. The lowest BCUT2D eigenvalue weighted by atomic mass is 10.0. The van der Waals surface area contributed by atoms with Gasteiger partial charge in [-0.05, 0) is 60.7 Å². The van der Waals surface area contributed by atoms with Crippen LogP contribution >= 0.6 is 22.7 Å². The smallest absolute Gasteiger partial charge is 0.306 e. The van der Waals surface area contributed by atoms with E-state index in [1.54, 1.807) is 26.4 Å². The highest BCUT2D eigenvalue weighted by Gasteiger charge is 2.21. The first-order valence-electron chi connectivity index (χ1n) is 15.0. The number of hydrogen-bond acceptors (Lipinski definition) is 10. The Morgan fingerprint density at radius 2 is 1.00 bits per heavy atom. The minimum absolute atomic E-state index is 0.0505. The van der Waals surface area contributed by atoms with Gasteiger partial charge >= 0.3 is 11.9 Å². The molecule has 2 N–H and O–H groups in total. The second-order valence-electron chi connectivity index (χ2n) is 11.1. The second-order valence-corrected chi connectivity index (χ2v) is 13.3. The van der Waals surface area contributed by atoms with E-state index in [1.807, 2.05) is 24.3 Å². The van der Waals surface area contributed by atoms with Crippen LogP contribution in [0.1, 0.15) is 71.7 Å². The Kier molecular flexibility index (Phi) is 12.0. The van der Waals surface area contributed by atoms with E-state index in [0.29, 0.717) is 46.0 Å². The topological polar surface area (TPSA) is 146 Å². The molecule has 2 aromatic carbocycles. The van der Waals surface area contributed by atoms with E-state index in [4.69, 9.17) is 29.2 Å². The van der Waals surface area contributed by atoms with Crippen molar-refractivity contribution in [3.63, 3.8) is 0 Å². The van der Waals surface area contributed by atoms with Crippen molar-refractivity contribution in [2.45, 2.75) is 52.4 Å². The molecule has 46 heavy (non-hydrogen) atoms. The molecule has 0 aliphatic heterocycles. The average molecular weight is 671 g/mol. The zero-order valence-electron chi connectivity index (χ0n) is 26.3. The number of carbonyl (C=O) groups excluding carboxylic acids is 2. The number of thiophene rings is 2. The summed E-state index contributed by atoms with van der Waals surface area (Å²) >= 11 is 2.63. The number of ether oxygens (including phenoxy) is 4. The number of aliphatic carboxylic acids is 2. The Morgan fingerprint density at radius 3 is 1.35 bits per heavy atom. The van der Waals surface area contributed by atoms with Crippen molar-refractivity contribution in [3.8, 4) is 23.0 Å². The van der Waals surface area contributed by atoms with Gasteiger partial charge in [-0.25, -0.2) is 0 Å². The SMILES string of the molecule is COc1cc2sc(C(=O)C[C@H](C)C(=O)O)cc2cc1OCCCCCCOc1cc2cc(C(=O)C[C@H](C)C(=O)O)sc2cc1OC. The van der Waals surface area contributed by atoms with Gasteiger partial charge in [0.15, 0.2) is 34.6 Å². The van der Waals surface area contributed by atoms with Crippen LogP contribution in [-0.4, -0.2) is 61.2 Å². The number of unbranched alkanes of at least 4 members (excludes halogenated alkanes) is 3. The van der Waals surface area contributed by atoms with Crippen LogP contribution in [0.4, 0.5) is 0 Å². The summed E-state index contributed by atoms with van der Waals surface area (Å²) in [5.74, 6) is -1.55. The highest BCUT2D eigenvalue weighted by molar-refractivity contribution is 7.21. The molecule has 0 spiro atoms. The van der Waals surface area contributed by atoms with E-state index in [2.05, 4.69) is 0 Å². The molecule has 12 heteroatoms. The molecule has 0 unspecified atom stereocenters. The second kappa shape index (κ2) is 15.9. The number of Topliss-reactive ketones (excluding diaryl/α,β-unsaturated/α-hetero) is 2. The zero-order chi connectivity index (χ0) is 33.4. The number of carboxylic acids is 2. The summed E-state index contributed by atoms with van der Waals surface area (Å²) in [7, 11) is 3.13. The predicted molar refractivity (Wildman–Crippen MR) is 178 cm³/mol. The molecule has 246 valence electrons. The van der Waals surface area contributed by atoms with Crippen molar-refractivity contribution in [2.24, 2.45) is 11.8 Å². The third-order valence-corrected chi connectivity index (χ3v) is 9.81. The van der Waals surface area contributed by atoms with Gasteiger partial charge in [-0.2, -0.15) is 0 Å². The van der Waals surface area contributed by atoms with Crippen LogP contribution in [0.2, 0.25) is 0 Å². The van der Waals surface area contributed by atoms with Crippen molar-refractivity contribution < 1.29 is 48.3 Å². The summed E-state index contributed by atoms with van der Waals surface area (Å²) in [4.78, 5) is 48.4. The maximum absolute atomic E-state index is 12.6. The number of ketones is 2. The van der Waals surface area contributed by atoms with E-state index < -0.39 is 23.8 Å². The molecule has 4 rings (SSSR count). The Morgan fingerprint density at radius 1 is 0.609 bits per heavy atom. The normalized spacial score (nSPS) is 12.5. The van der Waals surface area contributed by atoms with Gasteiger partial charge in [0.25, 0.3) is 0 Å². The fourth-order valence-corrected chi connectivity index (χ4v) is 6.81. The summed E-state index contributed by atoms with van der Waals surface area (Å²) in [6.45, 7) is 4.02. The molecule has 0 amide bonds. The first-order chi connectivity index (χ1) is 22.0. The highest BCUT2D eigenvalue weighted by Crippen LogP contribution is 2.38. The van der Waals surface area contributed by atoms with Crippen LogP contribution in [-0.2, 0) is 9.59 Å². The standard InChI is InChI=1S/C34H38O10S2/c1-19(33(37)38)11-23(35)31-15-21-13-27(25(41-3)17-29(21)45-31)43-9-7-5-6-8-10-44-28-14-22-16-32(24(36)12-20(2)34(39)40)46-30(22)18-26(28)42-4/h13-20H,5-12H2,1-4H3,(H,37,38)(H,39,40)/t19-,20-/m0/s1. The van der Waals surface area contributed by atoms with Crippen LogP contribution in [0.5, 0.6) is 23.0 Å². The highest BCUT2D eigenvalue weighted by atomic mass is 32.1. The minimum Gasteiger partial charge on any atom is -0.493 e. The lowest BCUT2D eigenvalue weighted by molar-refractivity contribution is -0.141. The number of methoxy groups -OCH3 is 2. The molecule has 0 saturated heterocycles. The predicted octanol–water partition coefficient (Wildman–Crippen LogP) is 7.74. The molecule has 2 heterocycles. The van der Waals surface area contributed by atoms with Gasteiger partial charge in [-0.15, -0.1) is 22.7 Å². The minimum atomic E-state index is -0.993. The number of rotatable bonds is 19. The third kappa shape index (κ3) is 8.76. The van der Waals surface area contributed by atoms with E-state index in [1.165, 1.54) is 36.5 Å². The molecule has 0 bridgehead atoms. The molecule has 10 nitrogen and oxygen atoms in total. The molecule has 2 atom stereocenters. The molecule has 0 radical (unpaired) electrons. The maximum Gasteiger partial charge on any atom is 0.306 e. The lowest BCUT2D eigenvalue weighted by Crippen LogP contribution is -2.13. The van der Waals surface area contributed by atoms with Gasteiger partial charge in [-0.1, -0.05) is 13.8 Å². The summed E-state index contributed by atoms with van der Waals surface area (Å²) in [6, 6.07) is 10.9. The van der Waals surface area contributed by atoms with E-state index in [9.17, 15) is 19.2 Å². The number of hydrogen-bond donors (Lipinski definition) is 2. The third-order valence-electron chi connectivity index (χ3n) is 7.53. The quantitative estimate of drug-likeness (QED) is 0.0750. The fourth-order valence-electron chi connectivity index (χ4n) is 4.77. The van der Waals surface area contributed by atoms with Crippen LogP contribution in [0.25, 0.3) is 20.2 Å². The van der Waals surface area contributed by atoms with E-state index in [0.717, 1.165) is 45.9 Å². The van der Waals surface area contributed by atoms with Crippen molar-refractivity contribution in [1.29, 1.82) is 0 Å². The van der Waals surface area contributed by atoms with Crippen molar-refractivity contribution in [2.75, 3.05) is 27.4 Å². The molecule has 0 saturated carbocycles. The van der Waals surface area contributed by atoms with Crippen molar-refractivity contribution >= 4 is 66.4 Å². The number of fused-ring (bicyclic) bond motifs is 2. The Bertz CT molecular complexity index is 1590. The first-order valence-corrected chi connectivity index (χ1v) is 16.6. The summed E-state index contributed by atoms with van der Waals surface area (Å²) in [5.41, 5.74) is 0. The molecular formula is C34H38O10S2. The van der Waals surface area contributed by atoms with Crippen molar-refractivity contribution in [1.82, 2.24) is 0 Å².